The maximum Gasteiger partial charge on any atom is 0.496 e. The summed E-state index contributed by atoms with van der Waals surface area (Å²) in [5.74, 6) is 1.22. The third-order valence-corrected chi connectivity index (χ3v) is 2.19. The predicted molar refractivity (Wildman–Crippen MR) is 53.8 cm³/mol. The molecule has 1 heterocycles. The van der Waals surface area contributed by atoms with Crippen LogP contribution in [0.4, 0.5) is 0 Å². The van der Waals surface area contributed by atoms with Crippen molar-refractivity contribution in [3.63, 3.8) is 0 Å². The van der Waals surface area contributed by atoms with Gasteiger partial charge in [0.15, 0.2) is 11.5 Å². The lowest BCUT2D eigenvalue weighted by Crippen LogP contribution is -2.35. The summed E-state index contributed by atoms with van der Waals surface area (Å²) in [6.07, 6.45) is 0. The minimum absolute atomic E-state index is 0.203. The van der Waals surface area contributed by atoms with Gasteiger partial charge in [-0.05, 0) is 12.1 Å². The van der Waals surface area contributed by atoms with E-state index in [1.54, 1.807) is 12.1 Å². The van der Waals surface area contributed by atoms with Gasteiger partial charge in [0.1, 0.15) is 19.0 Å². The Morgan fingerprint density at radius 3 is 2.67 bits per heavy atom. The van der Waals surface area contributed by atoms with Crippen molar-refractivity contribution in [2.45, 2.75) is 0 Å². The quantitative estimate of drug-likeness (QED) is 0.622. The summed E-state index contributed by atoms with van der Waals surface area (Å²) in [6, 6.07) is 3.29. The second-order valence-corrected chi connectivity index (χ2v) is 3.08. The molecule has 1 aromatic rings. The topological polar surface area (TPSA) is 68.2 Å². The highest BCUT2D eigenvalue weighted by molar-refractivity contribution is 6.61. The Balaban J connectivity index is 2.54. The normalized spacial score (nSPS) is 13.5. The molecule has 2 N–H and O–H groups in total. The van der Waals surface area contributed by atoms with Crippen LogP contribution in [0.1, 0.15) is 0 Å². The Morgan fingerprint density at radius 2 is 2.00 bits per heavy atom. The highest BCUT2D eigenvalue weighted by Gasteiger charge is 2.27. The number of methoxy groups -OCH3 is 1. The van der Waals surface area contributed by atoms with Gasteiger partial charge < -0.3 is 24.3 Å². The molecule has 0 aromatic heterocycles. The lowest BCUT2D eigenvalue weighted by Gasteiger charge is -2.22. The summed E-state index contributed by atoms with van der Waals surface area (Å²) in [5, 5.41) is 18.5. The van der Waals surface area contributed by atoms with Crippen molar-refractivity contribution < 1.29 is 24.3 Å². The summed E-state index contributed by atoms with van der Waals surface area (Å²) < 4.78 is 15.7. The van der Waals surface area contributed by atoms with E-state index < -0.39 is 7.12 Å². The Labute approximate surface area is 87.3 Å². The Morgan fingerprint density at radius 1 is 1.27 bits per heavy atom. The van der Waals surface area contributed by atoms with Gasteiger partial charge in [-0.25, -0.2) is 0 Å². The minimum atomic E-state index is -1.64. The first-order chi connectivity index (χ1) is 7.24. The van der Waals surface area contributed by atoms with E-state index in [9.17, 15) is 10.0 Å². The van der Waals surface area contributed by atoms with Gasteiger partial charge in [-0.3, -0.25) is 0 Å². The molecule has 5 nitrogen and oxygen atoms in total. The first-order valence-corrected chi connectivity index (χ1v) is 4.56. The highest BCUT2D eigenvalue weighted by atomic mass is 16.6. The monoisotopic (exact) mass is 210 g/mol. The lowest BCUT2D eigenvalue weighted by molar-refractivity contribution is 0.172. The van der Waals surface area contributed by atoms with Crippen molar-refractivity contribution in [1.29, 1.82) is 0 Å². The van der Waals surface area contributed by atoms with Crippen molar-refractivity contribution in [1.82, 2.24) is 0 Å². The molecule has 0 radical (unpaired) electrons. The summed E-state index contributed by atoms with van der Waals surface area (Å²) in [7, 11) is -0.186. The first-order valence-electron chi connectivity index (χ1n) is 4.56. The maximum atomic E-state index is 9.23. The van der Waals surface area contributed by atoms with E-state index >= 15 is 0 Å². The van der Waals surface area contributed by atoms with Crippen LogP contribution in [-0.4, -0.2) is 37.5 Å². The van der Waals surface area contributed by atoms with Gasteiger partial charge >= 0.3 is 7.12 Å². The van der Waals surface area contributed by atoms with E-state index in [1.165, 1.54) is 7.11 Å². The van der Waals surface area contributed by atoms with Crippen LogP contribution in [0.5, 0.6) is 17.2 Å². The summed E-state index contributed by atoms with van der Waals surface area (Å²) in [6.45, 7) is 0.847. The molecule has 80 valence electrons. The van der Waals surface area contributed by atoms with Crippen LogP contribution in [-0.2, 0) is 0 Å². The first kappa shape index (κ1) is 10.1. The Bertz CT molecular complexity index is 366. The second-order valence-electron chi connectivity index (χ2n) is 3.08. The fraction of sp³-hybridized carbons (Fsp3) is 0.333. The minimum Gasteiger partial charge on any atom is -0.497 e. The van der Waals surface area contributed by atoms with E-state index in [1.807, 2.05) is 0 Å². The van der Waals surface area contributed by atoms with E-state index in [0.717, 1.165) is 0 Å². The fourth-order valence-corrected chi connectivity index (χ4v) is 1.54. The number of fused-ring (bicyclic) bond motifs is 1. The van der Waals surface area contributed by atoms with Crippen molar-refractivity contribution in [3.8, 4) is 17.2 Å². The number of benzene rings is 1. The molecule has 0 spiro atoms. The van der Waals surface area contributed by atoms with Crippen LogP contribution < -0.4 is 19.7 Å². The Hall–Kier alpha value is -1.40. The van der Waals surface area contributed by atoms with Crippen LogP contribution in [0.2, 0.25) is 0 Å². The van der Waals surface area contributed by atoms with Gasteiger partial charge in [0, 0.05) is 0 Å². The molecule has 1 aromatic carbocycles. The van der Waals surface area contributed by atoms with Crippen LogP contribution in [0.25, 0.3) is 0 Å². The van der Waals surface area contributed by atoms with Crippen LogP contribution >= 0.6 is 0 Å². The van der Waals surface area contributed by atoms with E-state index in [2.05, 4.69) is 0 Å². The number of rotatable bonds is 2. The zero-order valence-electron chi connectivity index (χ0n) is 8.27. The van der Waals surface area contributed by atoms with Gasteiger partial charge in [0.05, 0.1) is 12.6 Å². The lowest BCUT2D eigenvalue weighted by atomic mass is 9.78. The zero-order chi connectivity index (χ0) is 10.8. The van der Waals surface area contributed by atoms with Crippen LogP contribution in [0, 0.1) is 0 Å². The molecule has 0 amide bonds. The van der Waals surface area contributed by atoms with Crippen molar-refractivity contribution in [2.24, 2.45) is 0 Å². The molecule has 1 aliphatic rings. The SMILES string of the molecule is COc1ccc2c(c1B(O)O)OCCO2. The molecule has 0 aliphatic carbocycles. The van der Waals surface area contributed by atoms with Crippen LogP contribution in [0.15, 0.2) is 12.1 Å². The second kappa shape index (κ2) is 4.00. The average Bonchev–Trinajstić information content (AvgIpc) is 2.27. The molecular formula is C9H11BO5. The molecular weight excluding hydrogens is 199 g/mol. The van der Waals surface area contributed by atoms with Gasteiger partial charge in [-0.1, -0.05) is 0 Å². The molecule has 0 fully saturated rings. The standard InChI is InChI=1S/C9H11BO5/c1-13-6-2-3-7-9(8(6)10(11)12)15-5-4-14-7/h2-3,11-12H,4-5H2,1H3. The molecule has 1 aliphatic heterocycles. The molecule has 15 heavy (non-hydrogen) atoms. The van der Waals surface area contributed by atoms with Gasteiger partial charge in [-0.2, -0.15) is 0 Å². The molecule has 0 atom stereocenters. The largest absolute Gasteiger partial charge is 0.497 e. The molecule has 0 saturated carbocycles. The molecule has 2 rings (SSSR count). The summed E-state index contributed by atoms with van der Waals surface area (Å²) in [4.78, 5) is 0. The summed E-state index contributed by atoms with van der Waals surface area (Å²) >= 11 is 0. The molecule has 6 heteroatoms. The van der Waals surface area contributed by atoms with E-state index in [0.29, 0.717) is 30.5 Å². The smallest absolute Gasteiger partial charge is 0.496 e. The van der Waals surface area contributed by atoms with Gasteiger partial charge in [0.2, 0.25) is 0 Å². The third-order valence-electron chi connectivity index (χ3n) is 2.19. The zero-order valence-corrected chi connectivity index (χ0v) is 8.27. The van der Waals surface area contributed by atoms with Crippen molar-refractivity contribution >= 4 is 12.6 Å². The Kier molecular flexibility index (Phi) is 2.70. The number of hydrogen-bond donors (Lipinski definition) is 2. The maximum absolute atomic E-state index is 9.23. The summed E-state index contributed by atoms with van der Waals surface area (Å²) in [5.41, 5.74) is 0.203. The highest BCUT2D eigenvalue weighted by Crippen LogP contribution is 2.31. The molecule has 0 saturated heterocycles. The average molecular weight is 210 g/mol. The van der Waals surface area contributed by atoms with Crippen LogP contribution in [0.3, 0.4) is 0 Å². The molecule has 0 bridgehead atoms. The molecule has 0 unspecified atom stereocenters. The third kappa shape index (κ3) is 1.73. The van der Waals surface area contributed by atoms with E-state index in [4.69, 9.17) is 14.2 Å². The van der Waals surface area contributed by atoms with Gasteiger partial charge in [0.25, 0.3) is 0 Å². The van der Waals surface area contributed by atoms with Crippen molar-refractivity contribution in [2.75, 3.05) is 20.3 Å². The van der Waals surface area contributed by atoms with Gasteiger partial charge in [-0.15, -0.1) is 0 Å². The fourth-order valence-electron chi connectivity index (χ4n) is 1.54. The number of hydrogen-bond acceptors (Lipinski definition) is 5. The predicted octanol–water partition coefficient (Wildman–Crippen LogP) is -0.854. The van der Waals surface area contributed by atoms with Crippen molar-refractivity contribution in [3.05, 3.63) is 12.1 Å². The van der Waals surface area contributed by atoms with E-state index in [-0.39, 0.29) is 5.46 Å². The number of ether oxygens (including phenoxy) is 3.